The number of nitrogens with one attached hydrogen (secondary N) is 3. The lowest BCUT2D eigenvalue weighted by Crippen LogP contribution is -2.41. The fourth-order valence-electron chi connectivity index (χ4n) is 3.66. The van der Waals surface area contributed by atoms with E-state index in [2.05, 4.69) is 21.4 Å². The minimum atomic E-state index is -0.679. The van der Waals surface area contributed by atoms with Gasteiger partial charge in [0.1, 0.15) is 11.6 Å². The SMILES string of the molecule is Cc1c(C(=O)NNC(=O)c2ccc(Cl)cc2)oc2c1/C(=N/NC(=O)c1ccccc1F)CCC2. The van der Waals surface area contributed by atoms with Crippen LogP contribution in [-0.2, 0) is 6.42 Å². The quantitative estimate of drug-likeness (QED) is 0.489. The molecule has 3 amide bonds. The topological polar surface area (TPSA) is 113 Å². The van der Waals surface area contributed by atoms with E-state index < -0.39 is 23.5 Å². The van der Waals surface area contributed by atoms with Gasteiger partial charge >= 0.3 is 5.91 Å². The third-order valence-electron chi connectivity index (χ3n) is 5.34. The molecule has 3 aromatic rings. The highest BCUT2D eigenvalue weighted by molar-refractivity contribution is 6.30. The molecule has 1 heterocycles. The van der Waals surface area contributed by atoms with Crippen molar-refractivity contribution in [3.8, 4) is 0 Å². The lowest BCUT2D eigenvalue weighted by molar-refractivity contribution is 0.0829. The van der Waals surface area contributed by atoms with Crippen molar-refractivity contribution in [2.45, 2.75) is 26.2 Å². The maximum atomic E-state index is 13.9. The van der Waals surface area contributed by atoms with Crippen LogP contribution in [0.15, 0.2) is 58.0 Å². The number of aryl methyl sites for hydroxylation is 1. The molecule has 10 heteroatoms. The summed E-state index contributed by atoms with van der Waals surface area (Å²) >= 11 is 5.82. The van der Waals surface area contributed by atoms with Crippen LogP contribution in [0, 0.1) is 12.7 Å². The Morgan fingerprint density at radius 1 is 0.971 bits per heavy atom. The molecule has 3 N–H and O–H groups in total. The van der Waals surface area contributed by atoms with Gasteiger partial charge in [-0.2, -0.15) is 5.10 Å². The Morgan fingerprint density at radius 2 is 1.68 bits per heavy atom. The number of rotatable bonds is 4. The number of nitrogens with zero attached hydrogens (tertiary/aromatic N) is 1. The van der Waals surface area contributed by atoms with E-state index in [1.807, 2.05) is 0 Å². The molecule has 0 saturated carbocycles. The summed E-state index contributed by atoms with van der Waals surface area (Å²) in [4.78, 5) is 37.2. The summed E-state index contributed by atoms with van der Waals surface area (Å²) in [5, 5.41) is 4.66. The Bertz CT molecular complexity index is 1300. The van der Waals surface area contributed by atoms with E-state index in [0.29, 0.717) is 52.4 Å². The van der Waals surface area contributed by atoms with E-state index in [1.54, 1.807) is 25.1 Å². The summed E-state index contributed by atoms with van der Waals surface area (Å²) in [5.41, 5.74) is 8.91. The van der Waals surface area contributed by atoms with Crippen molar-refractivity contribution in [3.05, 3.63) is 93.1 Å². The third-order valence-corrected chi connectivity index (χ3v) is 5.59. The van der Waals surface area contributed by atoms with E-state index in [9.17, 15) is 18.8 Å². The highest BCUT2D eigenvalue weighted by Crippen LogP contribution is 2.29. The number of hydrazone groups is 1. The van der Waals surface area contributed by atoms with Crippen LogP contribution >= 0.6 is 11.6 Å². The number of hydrogen-bond acceptors (Lipinski definition) is 5. The second-order valence-electron chi connectivity index (χ2n) is 7.60. The highest BCUT2D eigenvalue weighted by atomic mass is 35.5. The Hall–Kier alpha value is -3.98. The molecule has 8 nitrogen and oxygen atoms in total. The molecule has 0 spiro atoms. The van der Waals surface area contributed by atoms with Gasteiger partial charge in [-0.05, 0) is 56.2 Å². The maximum absolute atomic E-state index is 13.9. The van der Waals surface area contributed by atoms with Gasteiger partial charge in [-0.1, -0.05) is 23.7 Å². The largest absolute Gasteiger partial charge is 0.455 e. The molecule has 0 fully saturated rings. The predicted molar refractivity (Wildman–Crippen MR) is 123 cm³/mol. The van der Waals surface area contributed by atoms with Crippen molar-refractivity contribution in [3.63, 3.8) is 0 Å². The zero-order valence-electron chi connectivity index (χ0n) is 18.1. The summed E-state index contributed by atoms with van der Waals surface area (Å²) in [7, 11) is 0. The van der Waals surface area contributed by atoms with E-state index in [-0.39, 0.29) is 11.3 Å². The zero-order valence-corrected chi connectivity index (χ0v) is 18.8. The monoisotopic (exact) mass is 482 g/mol. The normalized spacial score (nSPS) is 13.8. The number of fused-ring (bicyclic) bond motifs is 1. The Balaban J connectivity index is 1.48. The lowest BCUT2D eigenvalue weighted by Gasteiger charge is -2.13. The Labute approximate surface area is 199 Å². The highest BCUT2D eigenvalue weighted by Gasteiger charge is 2.28. The molecule has 0 radical (unpaired) electrons. The van der Waals surface area contributed by atoms with Gasteiger partial charge in [0.25, 0.3) is 11.8 Å². The molecular weight excluding hydrogens is 463 g/mol. The van der Waals surface area contributed by atoms with E-state index >= 15 is 0 Å². The van der Waals surface area contributed by atoms with Gasteiger partial charge in [0, 0.05) is 28.1 Å². The van der Waals surface area contributed by atoms with Gasteiger partial charge in [0.2, 0.25) is 0 Å². The minimum absolute atomic E-state index is 0.0245. The van der Waals surface area contributed by atoms with Crippen molar-refractivity contribution < 1.29 is 23.2 Å². The summed E-state index contributed by atoms with van der Waals surface area (Å²) in [6.07, 6.45) is 1.82. The number of hydrazine groups is 1. The number of amides is 3. The van der Waals surface area contributed by atoms with Crippen LogP contribution in [0.5, 0.6) is 0 Å². The lowest BCUT2D eigenvalue weighted by atomic mass is 9.93. The number of benzene rings is 2. The first-order valence-electron chi connectivity index (χ1n) is 10.5. The molecule has 1 aromatic heterocycles. The molecule has 0 bridgehead atoms. The smallest absolute Gasteiger partial charge is 0.305 e. The second kappa shape index (κ2) is 9.88. The minimum Gasteiger partial charge on any atom is -0.455 e. The molecular formula is C24H20ClFN4O4. The first-order chi connectivity index (χ1) is 16.3. The third kappa shape index (κ3) is 4.84. The van der Waals surface area contributed by atoms with Crippen LogP contribution in [0.25, 0.3) is 0 Å². The van der Waals surface area contributed by atoms with E-state index in [0.717, 1.165) is 0 Å². The molecule has 0 saturated heterocycles. The van der Waals surface area contributed by atoms with Gasteiger partial charge in [0.05, 0.1) is 11.3 Å². The fourth-order valence-corrected chi connectivity index (χ4v) is 3.79. The average molecular weight is 483 g/mol. The van der Waals surface area contributed by atoms with Crippen molar-refractivity contribution in [1.82, 2.24) is 16.3 Å². The van der Waals surface area contributed by atoms with Crippen molar-refractivity contribution in [2.75, 3.05) is 0 Å². The second-order valence-corrected chi connectivity index (χ2v) is 8.04. The number of halogens is 2. The number of carbonyl (C=O) groups excluding carboxylic acids is 3. The Morgan fingerprint density at radius 3 is 2.41 bits per heavy atom. The molecule has 0 atom stereocenters. The van der Waals surface area contributed by atoms with Gasteiger partial charge < -0.3 is 4.42 Å². The molecule has 2 aromatic carbocycles. The zero-order chi connectivity index (χ0) is 24.2. The maximum Gasteiger partial charge on any atom is 0.305 e. The van der Waals surface area contributed by atoms with Gasteiger partial charge in [-0.15, -0.1) is 0 Å². The standard InChI is InChI=1S/C24H20ClFN4O4/c1-13-20-18(27-29-23(32)16-5-2-3-6-17(16)26)7-4-8-19(20)34-21(13)24(33)30-28-22(31)14-9-11-15(25)12-10-14/h2-3,5-6,9-12H,4,7-8H2,1H3,(H,28,31)(H,29,32)(H,30,33)/b27-18+. The Kier molecular flexibility index (Phi) is 6.74. The molecule has 1 aliphatic rings. The van der Waals surface area contributed by atoms with Crippen LogP contribution in [0.3, 0.4) is 0 Å². The molecule has 0 unspecified atom stereocenters. The van der Waals surface area contributed by atoms with Crippen LogP contribution in [0.2, 0.25) is 5.02 Å². The summed E-state index contributed by atoms with van der Waals surface area (Å²) in [5.74, 6) is -1.90. The van der Waals surface area contributed by atoms with Crippen LogP contribution in [-0.4, -0.2) is 23.4 Å². The number of carbonyl (C=O) groups is 3. The number of hydrogen-bond donors (Lipinski definition) is 3. The molecule has 1 aliphatic carbocycles. The van der Waals surface area contributed by atoms with Crippen LogP contribution in [0.4, 0.5) is 4.39 Å². The molecule has 34 heavy (non-hydrogen) atoms. The molecule has 174 valence electrons. The van der Waals surface area contributed by atoms with E-state index in [4.69, 9.17) is 16.0 Å². The summed E-state index contributed by atoms with van der Waals surface area (Å²) in [6, 6.07) is 11.8. The van der Waals surface area contributed by atoms with Crippen LogP contribution < -0.4 is 16.3 Å². The average Bonchev–Trinajstić information content (AvgIpc) is 3.18. The van der Waals surface area contributed by atoms with Gasteiger partial charge in [-0.3, -0.25) is 25.2 Å². The fraction of sp³-hybridized carbons (Fsp3) is 0.167. The summed E-state index contributed by atoms with van der Waals surface area (Å²) < 4.78 is 19.6. The van der Waals surface area contributed by atoms with Crippen LogP contribution in [0.1, 0.15) is 61.0 Å². The van der Waals surface area contributed by atoms with Crippen molar-refractivity contribution in [2.24, 2.45) is 5.10 Å². The predicted octanol–water partition coefficient (Wildman–Crippen LogP) is 3.93. The van der Waals surface area contributed by atoms with Gasteiger partial charge in [0.15, 0.2) is 5.76 Å². The number of furan rings is 1. The first-order valence-corrected chi connectivity index (χ1v) is 10.8. The molecule has 4 rings (SSSR count). The molecule has 0 aliphatic heterocycles. The van der Waals surface area contributed by atoms with E-state index in [1.165, 1.54) is 30.3 Å². The summed E-state index contributed by atoms with van der Waals surface area (Å²) in [6.45, 7) is 1.69. The van der Waals surface area contributed by atoms with Crippen molar-refractivity contribution >= 4 is 35.0 Å². The first kappa shape index (κ1) is 23.2. The van der Waals surface area contributed by atoms with Gasteiger partial charge in [-0.25, -0.2) is 9.82 Å². The van der Waals surface area contributed by atoms with Crippen molar-refractivity contribution in [1.29, 1.82) is 0 Å².